The summed E-state index contributed by atoms with van der Waals surface area (Å²) in [7, 11) is 0. The summed E-state index contributed by atoms with van der Waals surface area (Å²) in [4.78, 5) is 12.2. The zero-order chi connectivity index (χ0) is 12.7. The fraction of sp³-hybridized carbons (Fsp3) is 0.615. The van der Waals surface area contributed by atoms with Crippen LogP contribution in [-0.4, -0.2) is 11.9 Å². The monoisotopic (exact) mass is 254 g/mol. The standard InChI is InChI=1S/C13H22N2OS/c1-4-6-11(5-2)14-9-13-12(7-8-17-13)15-10(3)16/h7-8,11,14H,4-6,9H2,1-3H3,(H,15,16). The molecule has 96 valence electrons. The molecule has 17 heavy (non-hydrogen) atoms. The highest BCUT2D eigenvalue weighted by Gasteiger charge is 2.08. The highest BCUT2D eigenvalue weighted by atomic mass is 32.1. The van der Waals surface area contributed by atoms with Gasteiger partial charge in [-0.3, -0.25) is 4.79 Å². The van der Waals surface area contributed by atoms with Gasteiger partial charge in [0.25, 0.3) is 0 Å². The summed E-state index contributed by atoms with van der Waals surface area (Å²) < 4.78 is 0. The molecule has 0 aliphatic heterocycles. The molecule has 0 spiro atoms. The van der Waals surface area contributed by atoms with Gasteiger partial charge in [-0.25, -0.2) is 0 Å². The average molecular weight is 254 g/mol. The fourth-order valence-electron chi connectivity index (χ4n) is 1.81. The van der Waals surface area contributed by atoms with Gasteiger partial charge in [-0.2, -0.15) is 0 Å². The van der Waals surface area contributed by atoms with Crippen molar-refractivity contribution in [1.82, 2.24) is 5.32 Å². The Bertz CT molecular complexity index is 349. The van der Waals surface area contributed by atoms with E-state index < -0.39 is 0 Å². The van der Waals surface area contributed by atoms with Crippen molar-refractivity contribution in [1.29, 1.82) is 0 Å². The lowest BCUT2D eigenvalue weighted by molar-refractivity contribution is -0.114. The smallest absolute Gasteiger partial charge is 0.221 e. The minimum absolute atomic E-state index is 0.00903. The molecule has 0 bridgehead atoms. The van der Waals surface area contributed by atoms with E-state index in [0.717, 1.165) is 18.7 Å². The number of rotatable bonds is 7. The first-order chi connectivity index (χ1) is 8.17. The molecular formula is C13H22N2OS. The summed E-state index contributed by atoms with van der Waals surface area (Å²) in [6.07, 6.45) is 3.56. The molecule has 0 aromatic carbocycles. The predicted molar refractivity (Wildman–Crippen MR) is 74.4 cm³/mol. The van der Waals surface area contributed by atoms with Crippen molar-refractivity contribution in [3.8, 4) is 0 Å². The lowest BCUT2D eigenvalue weighted by Crippen LogP contribution is -2.27. The number of thiophene rings is 1. The van der Waals surface area contributed by atoms with Crippen LogP contribution in [0.4, 0.5) is 5.69 Å². The largest absolute Gasteiger partial charge is 0.325 e. The highest BCUT2D eigenvalue weighted by molar-refractivity contribution is 7.10. The molecule has 3 nitrogen and oxygen atoms in total. The van der Waals surface area contributed by atoms with E-state index in [1.165, 1.54) is 17.7 Å². The topological polar surface area (TPSA) is 41.1 Å². The molecule has 0 saturated heterocycles. The summed E-state index contributed by atoms with van der Waals surface area (Å²) in [6, 6.07) is 2.54. The second-order valence-electron chi connectivity index (χ2n) is 4.21. The molecule has 2 N–H and O–H groups in total. The molecule has 0 radical (unpaired) electrons. The second-order valence-corrected chi connectivity index (χ2v) is 5.21. The van der Waals surface area contributed by atoms with Gasteiger partial charge in [-0.1, -0.05) is 20.3 Å². The zero-order valence-corrected chi connectivity index (χ0v) is 11.7. The average Bonchev–Trinajstić information content (AvgIpc) is 2.71. The van der Waals surface area contributed by atoms with E-state index in [9.17, 15) is 4.79 Å². The van der Waals surface area contributed by atoms with Crippen molar-refractivity contribution in [2.75, 3.05) is 5.32 Å². The number of carbonyl (C=O) groups excluding carboxylic acids is 1. The van der Waals surface area contributed by atoms with Gasteiger partial charge in [-0.05, 0) is 24.3 Å². The Hall–Kier alpha value is -0.870. The van der Waals surface area contributed by atoms with E-state index in [1.807, 2.05) is 11.4 Å². The van der Waals surface area contributed by atoms with E-state index in [-0.39, 0.29) is 5.91 Å². The lowest BCUT2D eigenvalue weighted by Gasteiger charge is -2.16. The Morgan fingerprint density at radius 2 is 2.24 bits per heavy atom. The Balaban J connectivity index is 2.50. The number of amides is 1. The third-order valence-electron chi connectivity index (χ3n) is 2.74. The maximum absolute atomic E-state index is 11.0. The molecular weight excluding hydrogens is 232 g/mol. The molecule has 1 unspecified atom stereocenters. The second kappa shape index (κ2) is 7.45. The van der Waals surface area contributed by atoms with Gasteiger partial charge in [0, 0.05) is 24.4 Å². The quantitative estimate of drug-likeness (QED) is 0.783. The minimum Gasteiger partial charge on any atom is -0.325 e. The van der Waals surface area contributed by atoms with Crippen LogP contribution in [0.5, 0.6) is 0 Å². The van der Waals surface area contributed by atoms with Crippen molar-refractivity contribution in [3.05, 3.63) is 16.3 Å². The van der Waals surface area contributed by atoms with Crippen LogP contribution in [0.15, 0.2) is 11.4 Å². The Morgan fingerprint density at radius 3 is 2.82 bits per heavy atom. The molecule has 1 rings (SSSR count). The number of anilines is 1. The Kier molecular flexibility index (Phi) is 6.22. The minimum atomic E-state index is -0.00903. The van der Waals surface area contributed by atoms with Crippen LogP contribution in [0.3, 0.4) is 0 Å². The first-order valence-electron chi connectivity index (χ1n) is 6.24. The fourth-order valence-corrected chi connectivity index (χ4v) is 2.60. The molecule has 4 heteroatoms. The third-order valence-corrected chi connectivity index (χ3v) is 3.66. The van der Waals surface area contributed by atoms with Crippen molar-refractivity contribution < 1.29 is 4.79 Å². The summed E-state index contributed by atoms with van der Waals surface area (Å²) in [5, 5.41) is 8.42. The maximum atomic E-state index is 11.0. The molecule has 1 aromatic heterocycles. The molecule has 1 aromatic rings. The van der Waals surface area contributed by atoms with Crippen LogP contribution < -0.4 is 10.6 Å². The first-order valence-corrected chi connectivity index (χ1v) is 7.12. The van der Waals surface area contributed by atoms with E-state index >= 15 is 0 Å². The van der Waals surface area contributed by atoms with Gasteiger partial charge in [-0.15, -0.1) is 11.3 Å². The predicted octanol–water partition coefficient (Wildman–Crippen LogP) is 3.37. The molecule has 0 saturated carbocycles. The highest BCUT2D eigenvalue weighted by Crippen LogP contribution is 2.22. The number of nitrogens with one attached hydrogen (secondary N) is 2. The van der Waals surface area contributed by atoms with E-state index in [1.54, 1.807) is 18.3 Å². The van der Waals surface area contributed by atoms with Crippen LogP contribution in [0.1, 0.15) is 44.9 Å². The first kappa shape index (κ1) is 14.2. The van der Waals surface area contributed by atoms with Crippen LogP contribution in [0.2, 0.25) is 0 Å². The van der Waals surface area contributed by atoms with Gasteiger partial charge < -0.3 is 10.6 Å². The van der Waals surface area contributed by atoms with Gasteiger partial charge in [0.05, 0.1) is 5.69 Å². The summed E-state index contributed by atoms with van der Waals surface area (Å²) >= 11 is 1.68. The maximum Gasteiger partial charge on any atom is 0.221 e. The molecule has 1 atom stereocenters. The number of carbonyl (C=O) groups is 1. The van der Waals surface area contributed by atoms with Crippen LogP contribution in [-0.2, 0) is 11.3 Å². The van der Waals surface area contributed by atoms with Crippen LogP contribution in [0.25, 0.3) is 0 Å². The Morgan fingerprint density at radius 1 is 1.47 bits per heavy atom. The van der Waals surface area contributed by atoms with Gasteiger partial charge >= 0.3 is 0 Å². The molecule has 0 fully saturated rings. The number of hydrogen-bond acceptors (Lipinski definition) is 3. The molecule has 0 aliphatic carbocycles. The molecule has 1 amide bonds. The normalized spacial score (nSPS) is 12.4. The summed E-state index contributed by atoms with van der Waals surface area (Å²) in [5.74, 6) is -0.00903. The lowest BCUT2D eigenvalue weighted by atomic mass is 10.1. The van der Waals surface area contributed by atoms with Gasteiger partial charge in [0.2, 0.25) is 5.91 Å². The third kappa shape index (κ3) is 4.88. The Labute approximate surface area is 108 Å². The van der Waals surface area contributed by atoms with Crippen LogP contribution in [0, 0.1) is 0 Å². The van der Waals surface area contributed by atoms with E-state index in [4.69, 9.17) is 0 Å². The summed E-state index contributed by atoms with van der Waals surface area (Å²) in [6.45, 7) is 6.79. The van der Waals surface area contributed by atoms with Crippen molar-refractivity contribution in [2.24, 2.45) is 0 Å². The molecule has 0 aliphatic rings. The van der Waals surface area contributed by atoms with Gasteiger partial charge in [0.15, 0.2) is 0 Å². The zero-order valence-electron chi connectivity index (χ0n) is 10.9. The van der Waals surface area contributed by atoms with Crippen molar-refractivity contribution in [2.45, 2.75) is 52.6 Å². The summed E-state index contributed by atoms with van der Waals surface area (Å²) in [5.41, 5.74) is 0.946. The van der Waals surface area contributed by atoms with E-state index in [0.29, 0.717) is 6.04 Å². The molecule has 1 heterocycles. The SMILES string of the molecule is CCCC(CC)NCc1sccc1NC(C)=O. The van der Waals surface area contributed by atoms with E-state index in [2.05, 4.69) is 24.5 Å². The van der Waals surface area contributed by atoms with Crippen molar-refractivity contribution >= 4 is 22.9 Å². The number of hydrogen-bond donors (Lipinski definition) is 2. The van der Waals surface area contributed by atoms with Gasteiger partial charge in [0.1, 0.15) is 0 Å². The van der Waals surface area contributed by atoms with Crippen molar-refractivity contribution in [3.63, 3.8) is 0 Å². The van der Waals surface area contributed by atoms with Crippen LogP contribution >= 0.6 is 11.3 Å².